The van der Waals surface area contributed by atoms with E-state index in [1.54, 1.807) is 28.0 Å². The highest BCUT2D eigenvalue weighted by Gasteiger charge is 2.25. The first kappa shape index (κ1) is 18.6. The predicted molar refractivity (Wildman–Crippen MR) is 96.0 cm³/mol. The molecule has 1 heterocycles. The summed E-state index contributed by atoms with van der Waals surface area (Å²) in [7, 11) is 0. The number of aromatic carboxylic acids is 1. The van der Waals surface area contributed by atoms with Gasteiger partial charge in [-0.2, -0.15) is 0 Å². The quantitative estimate of drug-likeness (QED) is 0.894. The minimum atomic E-state index is -1.03. The van der Waals surface area contributed by atoms with Crippen molar-refractivity contribution in [3.05, 3.63) is 71.0 Å². The fourth-order valence-corrected chi connectivity index (χ4v) is 3.06. The first-order valence-electron chi connectivity index (χ1n) is 8.59. The lowest BCUT2D eigenvalue weighted by molar-refractivity contribution is -0.131. The van der Waals surface area contributed by atoms with E-state index >= 15 is 0 Å². The third-order valence-corrected chi connectivity index (χ3v) is 4.52. The highest BCUT2D eigenvalue weighted by molar-refractivity contribution is 5.94. The molecule has 0 bridgehead atoms. The van der Waals surface area contributed by atoms with E-state index in [0.29, 0.717) is 37.3 Å². The number of nitrogens with zero attached hydrogens (tertiary/aromatic N) is 2. The number of benzene rings is 2. The number of carbonyl (C=O) groups is 3. The smallest absolute Gasteiger partial charge is 0.335 e. The Morgan fingerprint density at radius 2 is 1.52 bits per heavy atom. The molecule has 27 heavy (non-hydrogen) atoms. The van der Waals surface area contributed by atoms with Gasteiger partial charge in [-0.3, -0.25) is 9.59 Å². The van der Waals surface area contributed by atoms with Gasteiger partial charge in [-0.1, -0.05) is 18.2 Å². The molecular formula is C20H19FN2O4. The molecule has 1 aliphatic rings. The zero-order chi connectivity index (χ0) is 19.4. The Balaban J connectivity index is 1.57. The van der Waals surface area contributed by atoms with Gasteiger partial charge in [-0.15, -0.1) is 0 Å². The van der Waals surface area contributed by atoms with Crippen molar-refractivity contribution in [3.63, 3.8) is 0 Å². The SMILES string of the molecule is O=C(O)c1cccc(CC(=O)N2CCN(C(=O)c3cccc(F)c3)CC2)c1. The van der Waals surface area contributed by atoms with Crippen molar-refractivity contribution >= 4 is 17.8 Å². The normalized spacial score (nSPS) is 14.1. The van der Waals surface area contributed by atoms with Gasteiger partial charge in [-0.25, -0.2) is 9.18 Å². The number of hydrogen-bond acceptors (Lipinski definition) is 3. The maximum Gasteiger partial charge on any atom is 0.335 e. The molecule has 0 unspecified atom stereocenters. The summed E-state index contributed by atoms with van der Waals surface area (Å²) in [6.07, 6.45) is 0.110. The molecule has 0 spiro atoms. The van der Waals surface area contributed by atoms with Crippen LogP contribution >= 0.6 is 0 Å². The maximum atomic E-state index is 13.3. The second kappa shape index (κ2) is 7.99. The minimum absolute atomic E-state index is 0.110. The van der Waals surface area contributed by atoms with Gasteiger partial charge in [0.05, 0.1) is 12.0 Å². The summed E-state index contributed by atoms with van der Waals surface area (Å²) >= 11 is 0. The molecule has 1 fully saturated rings. The van der Waals surface area contributed by atoms with Crippen LogP contribution in [0.3, 0.4) is 0 Å². The van der Waals surface area contributed by atoms with Crippen molar-refractivity contribution in [1.29, 1.82) is 0 Å². The van der Waals surface area contributed by atoms with Crippen molar-refractivity contribution in [2.45, 2.75) is 6.42 Å². The average Bonchev–Trinajstić information content (AvgIpc) is 2.67. The zero-order valence-electron chi connectivity index (χ0n) is 14.6. The van der Waals surface area contributed by atoms with Crippen LogP contribution in [0.5, 0.6) is 0 Å². The molecule has 7 heteroatoms. The Bertz CT molecular complexity index is 876. The van der Waals surface area contributed by atoms with Crippen LogP contribution in [-0.2, 0) is 11.2 Å². The minimum Gasteiger partial charge on any atom is -0.478 e. The van der Waals surface area contributed by atoms with Crippen molar-refractivity contribution < 1.29 is 23.9 Å². The first-order chi connectivity index (χ1) is 12.9. The van der Waals surface area contributed by atoms with Crippen molar-refractivity contribution in [3.8, 4) is 0 Å². The third kappa shape index (κ3) is 4.49. The fraction of sp³-hybridized carbons (Fsp3) is 0.250. The van der Waals surface area contributed by atoms with Crippen molar-refractivity contribution in [2.75, 3.05) is 26.2 Å². The van der Waals surface area contributed by atoms with E-state index in [1.807, 2.05) is 0 Å². The van der Waals surface area contributed by atoms with Crippen molar-refractivity contribution in [1.82, 2.24) is 9.80 Å². The van der Waals surface area contributed by atoms with Crippen LogP contribution < -0.4 is 0 Å². The molecule has 2 amide bonds. The van der Waals surface area contributed by atoms with Gasteiger partial charge < -0.3 is 14.9 Å². The predicted octanol–water partition coefficient (Wildman–Crippen LogP) is 2.05. The molecule has 6 nitrogen and oxygen atoms in total. The summed E-state index contributed by atoms with van der Waals surface area (Å²) in [5, 5.41) is 9.03. The molecule has 0 aromatic heterocycles. The first-order valence-corrected chi connectivity index (χ1v) is 8.59. The van der Waals surface area contributed by atoms with Crippen LogP contribution in [0.25, 0.3) is 0 Å². The summed E-state index contributed by atoms with van der Waals surface area (Å²) in [6, 6.07) is 11.8. The summed E-state index contributed by atoms with van der Waals surface area (Å²) in [6.45, 7) is 1.52. The molecule has 1 saturated heterocycles. The summed E-state index contributed by atoms with van der Waals surface area (Å²) in [5.74, 6) is -1.86. The van der Waals surface area contributed by atoms with Crippen LogP contribution in [0.2, 0.25) is 0 Å². The average molecular weight is 370 g/mol. The van der Waals surface area contributed by atoms with Crippen LogP contribution in [0.1, 0.15) is 26.3 Å². The monoisotopic (exact) mass is 370 g/mol. The van der Waals surface area contributed by atoms with E-state index in [9.17, 15) is 18.8 Å². The Labute approximate surface area is 155 Å². The second-order valence-electron chi connectivity index (χ2n) is 6.37. The molecule has 0 saturated carbocycles. The lowest BCUT2D eigenvalue weighted by atomic mass is 10.1. The lowest BCUT2D eigenvalue weighted by Gasteiger charge is -2.35. The largest absolute Gasteiger partial charge is 0.478 e. The number of carboxylic acid groups (broad SMARTS) is 1. The maximum absolute atomic E-state index is 13.3. The molecule has 1 aliphatic heterocycles. The number of rotatable bonds is 4. The summed E-state index contributed by atoms with van der Waals surface area (Å²) in [4.78, 5) is 39.2. The molecule has 0 aliphatic carbocycles. The molecule has 0 radical (unpaired) electrons. The van der Waals surface area contributed by atoms with Crippen molar-refractivity contribution in [2.24, 2.45) is 0 Å². The molecule has 3 rings (SSSR count). The zero-order valence-corrected chi connectivity index (χ0v) is 14.6. The standard InChI is InChI=1S/C20H19FN2O4/c21-17-6-2-4-15(13-17)19(25)23-9-7-22(8-10-23)18(24)12-14-3-1-5-16(11-14)20(26)27/h1-6,11,13H,7-10,12H2,(H,26,27). The van der Waals surface area contributed by atoms with Crippen LogP contribution in [0, 0.1) is 5.82 Å². The van der Waals surface area contributed by atoms with E-state index in [0.717, 1.165) is 0 Å². The van der Waals surface area contributed by atoms with Gasteiger partial charge in [0.15, 0.2) is 0 Å². The Morgan fingerprint density at radius 1 is 0.889 bits per heavy atom. The number of hydrogen-bond donors (Lipinski definition) is 1. The van der Waals surface area contributed by atoms with E-state index < -0.39 is 11.8 Å². The number of carboxylic acids is 1. The number of halogens is 1. The van der Waals surface area contributed by atoms with Crippen LogP contribution in [-0.4, -0.2) is 58.9 Å². The topological polar surface area (TPSA) is 77.9 Å². The molecule has 0 atom stereocenters. The Morgan fingerprint density at radius 3 is 2.19 bits per heavy atom. The second-order valence-corrected chi connectivity index (χ2v) is 6.37. The van der Waals surface area contributed by atoms with E-state index in [1.165, 1.54) is 30.3 Å². The van der Waals surface area contributed by atoms with Crippen LogP contribution in [0.15, 0.2) is 48.5 Å². The number of amides is 2. The highest BCUT2D eigenvalue weighted by atomic mass is 19.1. The molecule has 2 aromatic carbocycles. The van der Waals surface area contributed by atoms with Gasteiger partial charge >= 0.3 is 5.97 Å². The Kier molecular flexibility index (Phi) is 5.49. The fourth-order valence-electron chi connectivity index (χ4n) is 3.06. The molecule has 1 N–H and O–H groups in total. The van der Waals surface area contributed by atoms with E-state index in [4.69, 9.17) is 5.11 Å². The lowest BCUT2D eigenvalue weighted by Crippen LogP contribution is -2.51. The van der Waals surface area contributed by atoms with Gasteiger partial charge in [0, 0.05) is 31.7 Å². The molecule has 140 valence electrons. The van der Waals surface area contributed by atoms with Gasteiger partial charge in [0.1, 0.15) is 5.82 Å². The Hall–Kier alpha value is -3.22. The number of carbonyl (C=O) groups excluding carboxylic acids is 2. The van der Waals surface area contributed by atoms with E-state index in [-0.39, 0.29) is 23.8 Å². The molecular weight excluding hydrogens is 351 g/mol. The summed E-state index contributed by atoms with van der Waals surface area (Å²) < 4.78 is 13.3. The van der Waals surface area contributed by atoms with Crippen LogP contribution in [0.4, 0.5) is 4.39 Å². The summed E-state index contributed by atoms with van der Waals surface area (Å²) in [5.41, 5.74) is 1.07. The highest BCUT2D eigenvalue weighted by Crippen LogP contribution is 2.13. The van der Waals surface area contributed by atoms with E-state index in [2.05, 4.69) is 0 Å². The number of piperazine rings is 1. The van der Waals surface area contributed by atoms with Gasteiger partial charge in [0.2, 0.25) is 5.91 Å². The molecule has 2 aromatic rings. The third-order valence-electron chi connectivity index (χ3n) is 4.52. The van der Waals surface area contributed by atoms with Gasteiger partial charge in [-0.05, 0) is 35.9 Å². The van der Waals surface area contributed by atoms with Gasteiger partial charge in [0.25, 0.3) is 5.91 Å².